The van der Waals surface area contributed by atoms with Crippen molar-refractivity contribution in [1.29, 1.82) is 0 Å². The molecule has 4 nitrogen and oxygen atoms in total. The number of likely N-dealkylation sites (tertiary alicyclic amines) is 1. The van der Waals surface area contributed by atoms with E-state index in [0.717, 1.165) is 41.3 Å². The summed E-state index contributed by atoms with van der Waals surface area (Å²) in [5.74, 6) is -0.456. The zero-order valence-electron chi connectivity index (χ0n) is 16.2. The molecule has 3 rings (SSSR count). The van der Waals surface area contributed by atoms with Crippen LogP contribution in [0.2, 0.25) is 0 Å². The van der Waals surface area contributed by atoms with Gasteiger partial charge in [-0.2, -0.15) is 0 Å². The molecule has 1 N–H and O–H groups in total. The number of nitrogens with one attached hydrogen (secondary N) is 1. The molecule has 0 bridgehead atoms. The molecule has 1 aromatic heterocycles. The van der Waals surface area contributed by atoms with Crippen molar-refractivity contribution < 1.29 is 14.0 Å². The van der Waals surface area contributed by atoms with E-state index in [2.05, 4.69) is 12.2 Å². The normalized spacial score (nSPS) is 20.1. The molecule has 6 heteroatoms. The summed E-state index contributed by atoms with van der Waals surface area (Å²) in [5, 5.41) is 3.78. The van der Waals surface area contributed by atoms with Crippen LogP contribution in [-0.2, 0) is 4.79 Å². The summed E-state index contributed by atoms with van der Waals surface area (Å²) in [6.07, 6.45) is 3.63. The smallest absolute Gasteiger partial charge is 0.264 e. The molecule has 146 valence electrons. The van der Waals surface area contributed by atoms with Crippen LogP contribution in [0.5, 0.6) is 0 Å². The van der Waals surface area contributed by atoms with Crippen molar-refractivity contribution in [2.75, 3.05) is 13.1 Å². The van der Waals surface area contributed by atoms with Crippen molar-refractivity contribution in [1.82, 2.24) is 10.2 Å². The molecular weight excluding hydrogens is 363 g/mol. The van der Waals surface area contributed by atoms with Gasteiger partial charge in [-0.25, -0.2) is 4.39 Å². The maximum atomic E-state index is 13.6. The number of carbonyl (C=O) groups excluding carboxylic acids is 2. The molecule has 0 radical (unpaired) electrons. The average Bonchev–Trinajstić information content (AvgIpc) is 2.98. The standard InChI is InChI=1S/C21H27FN2O2S/c1-4-5-10-23-20(25)15-7-6-13(2)24(12-15)21(26)19-14(3)17-11-16(22)8-9-18(17)27-19/h8-9,11,13,15H,4-7,10,12H2,1-3H3,(H,23,25). The van der Waals surface area contributed by atoms with E-state index in [-0.39, 0.29) is 29.6 Å². The second-order valence-electron chi connectivity index (χ2n) is 7.42. The second-order valence-corrected chi connectivity index (χ2v) is 8.47. The van der Waals surface area contributed by atoms with E-state index in [9.17, 15) is 14.0 Å². The van der Waals surface area contributed by atoms with Crippen LogP contribution >= 0.6 is 11.3 Å². The van der Waals surface area contributed by atoms with Crippen molar-refractivity contribution in [2.24, 2.45) is 5.92 Å². The summed E-state index contributed by atoms with van der Waals surface area (Å²) in [4.78, 5) is 28.1. The first-order valence-corrected chi connectivity index (χ1v) is 10.5. The van der Waals surface area contributed by atoms with Crippen molar-refractivity contribution in [3.05, 3.63) is 34.5 Å². The molecule has 2 heterocycles. The summed E-state index contributed by atoms with van der Waals surface area (Å²) >= 11 is 1.40. The lowest BCUT2D eigenvalue weighted by atomic mass is 9.92. The average molecular weight is 391 g/mol. The zero-order valence-corrected chi connectivity index (χ0v) is 17.0. The highest BCUT2D eigenvalue weighted by Crippen LogP contribution is 2.34. The largest absolute Gasteiger partial charge is 0.356 e. The van der Waals surface area contributed by atoms with Gasteiger partial charge in [-0.3, -0.25) is 9.59 Å². The van der Waals surface area contributed by atoms with Gasteiger partial charge in [-0.15, -0.1) is 11.3 Å². The van der Waals surface area contributed by atoms with Crippen LogP contribution < -0.4 is 5.32 Å². The predicted octanol–water partition coefficient (Wildman–Crippen LogP) is 4.51. The molecule has 2 amide bonds. The van der Waals surface area contributed by atoms with Crippen LogP contribution in [-0.4, -0.2) is 35.8 Å². The van der Waals surface area contributed by atoms with E-state index in [1.165, 1.54) is 23.5 Å². The Bertz CT molecular complexity index is 848. The number of nitrogens with zero attached hydrogens (tertiary/aromatic N) is 1. The number of fused-ring (bicyclic) bond motifs is 1. The Kier molecular flexibility index (Phi) is 6.15. The monoisotopic (exact) mass is 390 g/mol. The van der Waals surface area contributed by atoms with Gasteiger partial charge >= 0.3 is 0 Å². The summed E-state index contributed by atoms with van der Waals surface area (Å²) in [5.41, 5.74) is 0.821. The number of carbonyl (C=O) groups is 2. The molecule has 2 aromatic rings. The van der Waals surface area contributed by atoms with Crippen molar-refractivity contribution in [3.8, 4) is 0 Å². The number of halogens is 1. The first-order chi connectivity index (χ1) is 12.9. The lowest BCUT2D eigenvalue weighted by Gasteiger charge is -2.37. The van der Waals surface area contributed by atoms with Crippen LogP contribution in [0, 0.1) is 18.7 Å². The Morgan fingerprint density at radius 3 is 2.85 bits per heavy atom. The summed E-state index contributed by atoms with van der Waals surface area (Å²) in [6.45, 7) is 7.13. The minimum atomic E-state index is -0.294. The van der Waals surface area contributed by atoms with Gasteiger partial charge in [0, 0.05) is 23.8 Å². The van der Waals surface area contributed by atoms with Gasteiger partial charge in [-0.1, -0.05) is 13.3 Å². The fourth-order valence-corrected chi connectivity index (χ4v) is 4.81. The third-order valence-electron chi connectivity index (χ3n) is 5.44. The Morgan fingerprint density at radius 1 is 1.33 bits per heavy atom. The number of amides is 2. The van der Waals surface area contributed by atoms with Gasteiger partial charge in [0.2, 0.25) is 5.91 Å². The second kappa shape index (κ2) is 8.38. The summed E-state index contributed by atoms with van der Waals surface area (Å²) in [6, 6.07) is 4.73. The van der Waals surface area contributed by atoms with E-state index in [0.29, 0.717) is 18.0 Å². The summed E-state index contributed by atoms with van der Waals surface area (Å²) in [7, 11) is 0. The van der Waals surface area contributed by atoms with Crippen LogP contribution in [0.4, 0.5) is 4.39 Å². The minimum Gasteiger partial charge on any atom is -0.356 e. The highest BCUT2D eigenvalue weighted by Gasteiger charge is 2.34. The quantitative estimate of drug-likeness (QED) is 0.764. The van der Waals surface area contributed by atoms with Crippen LogP contribution in [0.3, 0.4) is 0 Å². The predicted molar refractivity (Wildman–Crippen MR) is 108 cm³/mol. The van der Waals surface area contributed by atoms with Gasteiger partial charge in [0.05, 0.1) is 10.8 Å². The number of piperidine rings is 1. The molecule has 1 aliphatic heterocycles. The maximum absolute atomic E-state index is 13.6. The first kappa shape index (κ1) is 19.8. The maximum Gasteiger partial charge on any atom is 0.264 e. The molecule has 0 saturated carbocycles. The number of hydrogen-bond acceptors (Lipinski definition) is 3. The third kappa shape index (κ3) is 4.15. The molecule has 2 unspecified atom stereocenters. The van der Waals surface area contributed by atoms with E-state index >= 15 is 0 Å². The molecule has 2 atom stereocenters. The molecule has 27 heavy (non-hydrogen) atoms. The minimum absolute atomic E-state index is 0.0447. The zero-order chi connectivity index (χ0) is 19.6. The highest BCUT2D eigenvalue weighted by molar-refractivity contribution is 7.21. The van der Waals surface area contributed by atoms with Gasteiger partial charge < -0.3 is 10.2 Å². The van der Waals surface area contributed by atoms with E-state index in [4.69, 9.17) is 0 Å². The number of benzene rings is 1. The topological polar surface area (TPSA) is 49.4 Å². The van der Waals surface area contributed by atoms with E-state index < -0.39 is 0 Å². The molecule has 0 spiro atoms. The number of aryl methyl sites for hydroxylation is 1. The molecule has 1 aromatic carbocycles. The number of thiophene rings is 1. The van der Waals surface area contributed by atoms with Crippen LogP contribution in [0.1, 0.15) is 54.8 Å². The van der Waals surface area contributed by atoms with Crippen molar-refractivity contribution >= 4 is 33.2 Å². The van der Waals surface area contributed by atoms with Crippen molar-refractivity contribution in [2.45, 2.75) is 52.5 Å². The van der Waals surface area contributed by atoms with E-state index in [1.54, 1.807) is 6.07 Å². The first-order valence-electron chi connectivity index (χ1n) is 9.69. The van der Waals surface area contributed by atoms with Gasteiger partial charge in [0.1, 0.15) is 5.82 Å². The fraction of sp³-hybridized carbons (Fsp3) is 0.524. The summed E-state index contributed by atoms with van der Waals surface area (Å²) < 4.78 is 14.5. The fourth-order valence-electron chi connectivity index (χ4n) is 3.66. The molecule has 1 aliphatic rings. The number of unbranched alkanes of at least 4 members (excludes halogenated alkanes) is 1. The Morgan fingerprint density at radius 2 is 2.11 bits per heavy atom. The van der Waals surface area contributed by atoms with Gasteiger partial charge in [0.15, 0.2) is 0 Å². The van der Waals surface area contributed by atoms with Crippen molar-refractivity contribution in [3.63, 3.8) is 0 Å². The lowest BCUT2D eigenvalue weighted by molar-refractivity contribution is -0.126. The number of hydrogen-bond donors (Lipinski definition) is 1. The van der Waals surface area contributed by atoms with Gasteiger partial charge in [0.25, 0.3) is 5.91 Å². The third-order valence-corrected chi connectivity index (χ3v) is 6.70. The molecule has 1 saturated heterocycles. The van der Waals surface area contributed by atoms with Crippen LogP contribution in [0.15, 0.2) is 18.2 Å². The Hall–Kier alpha value is -1.95. The van der Waals surface area contributed by atoms with Gasteiger partial charge in [-0.05, 0) is 62.3 Å². The van der Waals surface area contributed by atoms with E-state index in [1.807, 2.05) is 18.7 Å². The van der Waals surface area contributed by atoms with Crippen LogP contribution in [0.25, 0.3) is 10.1 Å². The SMILES string of the molecule is CCCCNC(=O)C1CCC(C)N(C(=O)c2sc3ccc(F)cc3c2C)C1. The highest BCUT2D eigenvalue weighted by atomic mass is 32.1. The Balaban J connectivity index is 1.78. The lowest BCUT2D eigenvalue weighted by Crippen LogP contribution is -2.49. The molecule has 1 fully saturated rings. The number of rotatable bonds is 5. The molecule has 0 aliphatic carbocycles. The molecular formula is C21H27FN2O2S. The Labute approximate surface area is 163 Å².